The van der Waals surface area contributed by atoms with E-state index in [0.717, 1.165) is 37.0 Å². The van der Waals surface area contributed by atoms with Gasteiger partial charge in [-0.05, 0) is 50.5 Å². The van der Waals surface area contributed by atoms with Gasteiger partial charge in [-0.15, -0.1) is 0 Å². The molecule has 2 rings (SSSR count). The normalized spacial score (nSPS) is 17.1. The summed E-state index contributed by atoms with van der Waals surface area (Å²) in [6.45, 7) is 4.28. The highest BCUT2D eigenvalue weighted by Crippen LogP contribution is 2.28. The van der Waals surface area contributed by atoms with Crippen LogP contribution >= 0.6 is 0 Å². The maximum Gasteiger partial charge on any atom is 0.244 e. The largest absolute Gasteiger partial charge is 0.491 e. The van der Waals surface area contributed by atoms with E-state index < -0.39 is 5.60 Å². The lowest BCUT2D eigenvalue weighted by molar-refractivity contribution is -0.117. The van der Waals surface area contributed by atoms with Gasteiger partial charge in [0.15, 0.2) is 0 Å². The lowest BCUT2D eigenvalue weighted by atomic mass is 10.0. The van der Waals surface area contributed by atoms with Crippen molar-refractivity contribution < 1.29 is 14.6 Å². The fraction of sp³-hybridized carbons (Fsp3) is 0.500. The van der Waals surface area contributed by atoms with E-state index in [1.807, 2.05) is 38.1 Å². The molecule has 2 N–H and O–H groups in total. The maximum absolute atomic E-state index is 11.8. The van der Waals surface area contributed by atoms with Crippen molar-refractivity contribution in [3.05, 3.63) is 35.9 Å². The number of aliphatic hydroxyl groups is 1. The van der Waals surface area contributed by atoms with E-state index in [2.05, 4.69) is 5.32 Å². The SMILES string of the molecule is CC(C)Oc1cccc(/C=C/C(=O)NCC2(O)CCCC2)c1. The highest BCUT2D eigenvalue weighted by atomic mass is 16.5. The second-order valence-corrected chi connectivity index (χ2v) is 6.22. The Kier molecular flexibility index (Phi) is 5.61. The van der Waals surface area contributed by atoms with Crippen molar-refractivity contribution in [2.45, 2.75) is 51.2 Å². The third kappa shape index (κ3) is 5.19. The second kappa shape index (κ2) is 7.45. The first kappa shape index (κ1) is 16.6. The molecule has 1 fully saturated rings. The van der Waals surface area contributed by atoms with Gasteiger partial charge < -0.3 is 15.2 Å². The quantitative estimate of drug-likeness (QED) is 0.794. The molecular formula is C18H25NO3. The van der Waals surface area contributed by atoms with Crippen molar-refractivity contribution in [2.24, 2.45) is 0 Å². The molecule has 4 nitrogen and oxygen atoms in total. The Hall–Kier alpha value is -1.81. The minimum Gasteiger partial charge on any atom is -0.491 e. The Bertz CT molecular complexity index is 531. The maximum atomic E-state index is 11.8. The van der Waals surface area contributed by atoms with Crippen molar-refractivity contribution in [3.8, 4) is 5.75 Å². The highest BCUT2D eigenvalue weighted by Gasteiger charge is 2.30. The molecule has 1 aromatic carbocycles. The van der Waals surface area contributed by atoms with Crippen LogP contribution in [0.1, 0.15) is 45.1 Å². The molecule has 0 aliphatic heterocycles. The van der Waals surface area contributed by atoms with Gasteiger partial charge in [-0.25, -0.2) is 0 Å². The molecular weight excluding hydrogens is 278 g/mol. The van der Waals surface area contributed by atoms with Crippen LogP contribution in [0, 0.1) is 0 Å². The summed E-state index contributed by atoms with van der Waals surface area (Å²) in [4.78, 5) is 11.8. The number of ether oxygens (including phenoxy) is 1. The number of rotatable bonds is 6. The van der Waals surface area contributed by atoms with Crippen LogP contribution in [0.2, 0.25) is 0 Å². The minimum atomic E-state index is -0.714. The summed E-state index contributed by atoms with van der Waals surface area (Å²) in [7, 11) is 0. The Morgan fingerprint density at radius 3 is 2.82 bits per heavy atom. The van der Waals surface area contributed by atoms with Crippen LogP contribution in [-0.4, -0.2) is 29.3 Å². The topological polar surface area (TPSA) is 58.6 Å². The monoisotopic (exact) mass is 303 g/mol. The molecule has 0 bridgehead atoms. The number of nitrogens with one attached hydrogen (secondary N) is 1. The first-order chi connectivity index (χ1) is 10.5. The van der Waals surface area contributed by atoms with Gasteiger partial charge in [0.1, 0.15) is 5.75 Å². The summed E-state index contributed by atoms with van der Waals surface area (Å²) in [5.41, 5.74) is 0.196. The smallest absolute Gasteiger partial charge is 0.244 e. The lowest BCUT2D eigenvalue weighted by Crippen LogP contribution is -2.40. The van der Waals surface area contributed by atoms with Gasteiger partial charge in [-0.2, -0.15) is 0 Å². The fourth-order valence-corrected chi connectivity index (χ4v) is 2.66. The molecule has 1 aromatic rings. The number of carbonyl (C=O) groups is 1. The molecule has 22 heavy (non-hydrogen) atoms. The number of hydrogen-bond donors (Lipinski definition) is 2. The van der Waals surface area contributed by atoms with E-state index in [4.69, 9.17) is 4.74 Å². The summed E-state index contributed by atoms with van der Waals surface area (Å²) in [6.07, 6.45) is 6.97. The van der Waals surface area contributed by atoms with Crippen LogP contribution in [0.15, 0.2) is 30.3 Å². The zero-order valence-electron chi connectivity index (χ0n) is 13.3. The van der Waals surface area contributed by atoms with Gasteiger partial charge in [0.2, 0.25) is 5.91 Å². The Balaban J connectivity index is 1.86. The summed E-state index contributed by atoms with van der Waals surface area (Å²) < 4.78 is 5.62. The number of hydrogen-bond acceptors (Lipinski definition) is 3. The number of benzene rings is 1. The molecule has 0 saturated heterocycles. The van der Waals surface area contributed by atoms with Crippen molar-refractivity contribution >= 4 is 12.0 Å². The molecule has 0 atom stereocenters. The molecule has 0 unspecified atom stereocenters. The first-order valence-corrected chi connectivity index (χ1v) is 7.92. The van der Waals surface area contributed by atoms with E-state index in [9.17, 15) is 9.90 Å². The standard InChI is InChI=1S/C18H25NO3/c1-14(2)22-16-7-5-6-15(12-16)8-9-17(20)19-13-18(21)10-3-4-11-18/h5-9,12,14,21H,3-4,10-11,13H2,1-2H3,(H,19,20)/b9-8+. The van der Waals surface area contributed by atoms with Gasteiger partial charge >= 0.3 is 0 Å². The van der Waals surface area contributed by atoms with Crippen LogP contribution in [0.3, 0.4) is 0 Å². The summed E-state index contributed by atoms with van der Waals surface area (Å²) in [5, 5.41) is 13.0. The van der Waals surface area contributed by atoms with Crippen LogP contribution in [0.5, 0.6) is 5.75 Å². The molecule has 1 aliphatic rings. The van der Waals surface area contributed by atoms with Gasteiger partial charge in [0, 0.05) is 12.6 Å². The Morgan fingerprint density at radius 1 is 1.41 bits per heavy atom. The summed E-state index contributed by atoms with van der Waals surface area (Å²) in [6, 6.07) is 7.61. The van der Waals surface area contributed by atoms with Gasteiger partial charge in [0.25, 0.3) is 0 Å². The van der Waals surface area contributed by atoms with E-state index in [-0.39, 0.29) is 12.0 Å². The third-order valence-corrected chi connectivity index (χ3v) is 3.78. The molecule has 4 heteroatoms. The third-order valence-electron chi connectivity index (χ3n) is 3.78. The van der Waals surface area contributed by atoms with E-state index in [1.165, 1.54) is 6.08 Å². The Labute approximate surface area is 132 Å². The van der Waals surface area contributed by atoms with Crippen LogP contribution < -0.4 is 10.1 Å². The van der Waals surface area contributed by atoms with Crippen LogP contribution in [0.25, 0.3) is 6.08 Å². The first-order valence-electron chi connectivity index (χ1n) is 7.92. The minimum absolute atomic E-state index is 0.120. The predicted octanol–water partition coefficient (Wildman–Crippen LogP) is 2.91. The van der Waals surface area contributed by atoms with Crippen molar-refractivity contribution in [1.82, 2.24) is 5.32 Å². The summed E-state index contributed by atoms with van der Waals surface area (Å²) >= 11 is 0. The van der Waals surface area contributed by atoms with E-state index in [1.54, 1.807) is 6.08 Å². The van der Waals surface area contributed by atoms with Crippen molar-refractivity contribution in [2.75, 3.05) is 6.54 Å². The number of carbonyl (C=O) groups excluding carboxylic acids is 1. The molecule has 1 amide bonds. The molecule has 120 valence electrons. The zero-order chi connectivity index (χ0) is 16.0. The van der Waals surface area contributed by atoms with Gasteiger partial charge in [-0.3, -0.25) is 4.79 Å². The van der Waals surface area contributed by atoms with Crippen molar-refractivity contribution in [1.29, 1.82) is 0 Å². The second-order valence-electron chi connectivity index (χ2n) is 6.22. The predicted molar refractivity (Wildman–Crippen MR) is 87.7 cm³/mol. The average Bonchev–Trinajstić information content (AvgIpc) is 2.90. The lowest BCUT2D eigenvalue weighted by Gasteiger charge is -2.21. The molecule has 0 radical (unpaired) electrons. The number of amides is 1. The van der Waals surface area contributed by atoms with Crippen LogP contribution in [0.4, 0.5) is 0 Å². The summed E-state index contributed by atoms with van der Waals surface area (Å²) in [5.74, 6) is 0.605. The van der Waals surface area contributed by atoms with Gasteiger partial charge in [-0.1, -0.05) is 25.0 Å². The van der Waals surface area contributed by atoms with Crippen LogP contribution in [-0.2, 0) is 4.79 Å². The molecule has 0 heterocycles. The average molecular weight is 303 g/mol. The molecule has 1 saturated carbocycles. The van der Waals surface area contributed by atoms with E-state index in [0.29, 0.717) is 6.54 Å². The Morgan fingerprint density at radius 2 is 2.14 bits per heavy atom. The zero-order valence-corrected chi connectivity index (χ0v) is 13.3. The highest BCUT2D eigenvalue weighted by molar-refractivity contribution is 5.91. The molecule has 1 aliphatic carbocycles. The van der Waals surface area contributed by atoms with Crippen molar-refractivity contribution in [3.63, 3.8) is 0 Å². The molecule has 0 spiro atoms. The van der Waals surface area contributed by atoms with Gasteiger partial charge in [0.05, 0.1) is 11.7 Å². The molecule has 0 aromatic heterocycles. The van der Waals surface area contributed by atoms with E-state index >= 15 is 0 Å². The fourth-order valence-electron chi connectivity index (χ4n) is 2.66.